The van der Waals surface area contributed by atoms with Crippen LogP contribution in [0.15, 0.2) is 22.2 Å². The van der Waals surface area contributed by atoms with Gasteiger partial charge in [-0.1, -0.05) is 35.0 Å². The molecule has 0 aromatic rings. The molecule has 2 nitrogen and oxygen atoms in total. The molecule has 2 unspecified atom stereocenters. The van der Waals surface area contributed by atoms with E-state index >= 15 is 0 Å². The van der Waals surface area contributed by atoms with Crippen molar-refractivity contribution in [2.45, 2.75) is 11.2 Å². The molecule has 0 bridgehead atoms. The summed E-state index contributed by atoms with van der Waals surface area (Å²) in [6, 6.07) is 0. The molecular weight excluding hydrogens is 247 g/mol. The van der Waals surface area contributed by atoms with E-state index in [-0.39, 0.29) is 10.1 Å². The molecule has 0 fully saturated rings. The Kier molecular flexibility index (Phi) is 3.73. The minimum Gasteiger partial charge on any atom is -0.357 e. The van der Waals surface area contributed by atoms with E-state index in [1.54, 1.807) is 0 Å². The van der Waals surface area contributed by atoms with Gasteiger partial charge in [-0.25, -0.2) is 0 Å². The first-order valence-corrected chi connectivity index (χ1v) is 5.09. The molecule has 16 heavy (non-hydrogen) atoms. The predicted molar refractivity (Wildman–Crippen MR) is 65.0 cm³/mol. The summed E-state index contributed by atoms with van der Waals surface area (Å²) in [6.07, 6.45) is 13.7. The van der Waals surface area contributed by atoms with Gasteiger partial charge < -0.3 is 9.47 Å². The lowest BCUT2D eigenvalue weighted by Crippen LogP contribution is -2.39. The zero-order valence-corrected chi connectivity index (χ0v) is 10.4. The fraction of sp³-hybridized carbons (Fsp3) is 0.333. The first-order chi connectivity index (χ1) is 7.50. The van der Waals surface area contributed by atoms with E-state index in [1.807, 2.05) is 0 Å². The van der Waals surface area contributed by atoms with Crippen LogP contribution in [0.3, 0.4) is 0 Å². The summed E-state index contributed by atoms with van der Waals surface area (Å²) >= 11 is 12.1. The Balaban J connectivity index is 3.37. The molecule has 0 radical (unpaired) electrons. The standard InChI is InChI=1S/C12H10Cl2O2/c1-5-11(15-3)7-10(14)12(6-2,16-4)8-9(11)13/h1-2,7-8H,3-4H3. The number of hydrogen-bond acceptors (Lipinski definition) is 2. The third kappa shape index (κ3) is 1.75. The second-order valence-corrected chi connectivity index (χ2v) is 3.97. The predicted octanol–water partition coefficient (Wildman–Crippen LogP) is 2.28. The largest absolute Gasteiger partial charge is 0.357 e. The molecule has 84 valence electrons. The summed E-state index contributed by atoms with van der Waals surface area (Å²) in [5.74, 6) is 4.85. The van der Waals surface area contributed by atoms with Crippen molar-refractivity contribution in [3.05, 3.63) is 22.2 Å². The van der Waals surface area contributed by atoms with E-state index in [0.29, 0.717) is 0 Å². The van der Waals surface area contributed by atoms with Crippen LogP contribution in [0, 0.1) is 24.7 Å². The van der Waals surface area contributed by atoms with Crippen molar-refractivity contribution < 1.29 is 9.47 Å². The maximum atomic E-state index is 6.06. The lowest BCUT2D eigenvalue weighted by Gasteiger charge is -2.33. The third-order valence-corrected chi connectivity index (χ3v) is 3.22. The second kappa shape index (κ2) is 4.53. The molecule has 0 aliphatic heterocycles. The molecule has 0 spiro atoms. The van der Waals surface area contributed by atoms with Crippen LogP contribution in [0.1, 0.15) is 0 Å². The lowest BCUT2D eigenvalue weighted by atomic mass is 9.89. The van der Waals surface area contributed by atoms with Gasteiger partial charge in [-0.3, -0.25) is 0 Å². The summed E-state index contributed by atoms with van der Waals surface area (Å²) in [7, 11) is 2.87. The molecule has 0 saturated carbocycles. The molecule has 0 heterocycles. The summed E-state index contributed by atoms with van der Waals surface area (Å²) < 4.78 is 10.3. The monoisotopic (exact) mass is 256 g/mol. The Hall–Kier alpha value is -0.900. The van der Waals surface area contributed by atoms with Crippen LogP contribution < -0.4 is 0 Å². The number of terminal acetylenes is 2. The van der Waals surface area contributed by atoms with Crippen molar-refractivity contribution in [3.63, 3.8) is 0 Å². The minimum atomic E-state index is -1.17. The third-order valence-electron chi connectivity index (χ3n) is 2.44. The topological polar surface area (TPSA) is 18.5 Å². The lowest BCUT2D eigenvalue weighted by molar-refractivity contribution is 0.0898. The fourth-order valence-electron chi connectivity index (χ4n) is 1.36. The average Bonchev–Trinajstić information content (AvgIpc) is 2.31. The normalized spacial score (nSPS) is 33.4. The van der Waals surface area contributed by atoms with Crippen molar-refractivity contribution >= 4 is 23.2 Å². The van der Waals surface area contributed by atoms with Crippen LogP contribution in [-0.2, 0) is 9.47 Å². The molecule has 0 aromatic heterocycles. The zero-order valence-electron chi connectivity index (χ0n) is 8.88. The Morgan fingerprint density at radius 3 is 1.50 bits per heavy atom. The maximum absolute atomic E-state index is 6.06. The van der Waals surface area contributed by atoms with Crippen LogP contribution in [0.2, 0.25) is 0 Å². The van der Waals surface area contributed by atoms with Crippen LogP contribution in [0.4, 0.5) is 0 Å². The number of hydrogen-bond donors (Lipinski definition) is 0. The summed E-state index contributed by atoms with van der Waals surface area (Å²) in [5.41, 5.74) is -2.34. The molecule has 0 N–H and O–H groups in total. The van der Waals surface area contributed by atoms with E-state index in [0.717, 1.165) is 0 Å². The molecular formula is C12H10Cl2O2. The van der Waals surface area contributed by atoms with Crippen molar-refractivity contribution in [1.82, 2.24) is 0 Å². The second-order valence-electron chi connectivity index (χ2n) is 3.15. The first-order valence-electron chi connectivity index (χ1n) is 4.33. The fourth-order valence-corrected chi connectivity index (χ4v) is 2.04. The first kappa shape index (κ1) is 13.2. The van der Waals surface area contributed by atoms with Gasteiger partial charge in [0.05, 0.1) is 10.1 Å². The van der Waals surface area contributed by atoms with E-state index in [2.05, 4.69) is 11.8 Å². The molecule has 0 amide bonds. The molecule has 1 aliphatic rings. The van der Waals surface area contributed by atoms with Gasteiger partial charge in [0.25, 0.3) is 0 Å². The summed E-state index contributed by atoms with van der Waals surface area (Å²) in [5, 5.41) is 0.503. The highest BCUT2D eigenvalue weighted by Gasteiger charge is 2.42. The van der Waals surface area contributed by atoms with Gasteiger partial charge in [-0.15, -0.1) is 12.8 Å². The Labute approximate surface area is 105 Å². The highest BCUT2D eigenvalue weighted by molar-refractivity contribution is 6.34. The Bertz CT molecular complexity index is 397. The quantitative estimate of drug-likeness (QED) is 0.706. The highest BCUT2D eigenvalue weighted by atomic mass is 35.5. The summed E-state index contributed by atoms with van der Waals surface area (Å²) in [6.45, 7) is 0. The number of halogens is 2. The van der Waals surface area contributed by atoms with Crippen LogP contribution in [0.5, 0.6) is 0 Å². The number of rotatable bonds is 2. The van der Waals surface area contributed by atoms with E-state index in [1.165, 1.54) is 26.4 Å². The van der Waals surface area contributed by atoms with Gasteiger partial charge in [0.2, 0.25) is 0 Å². The van der Waals surface area contributed by atoms with E-state index in [9.17, 15) is 0 Å². The zero-order chi connectivity index (χ0) is 12.4. The van der Waals surface area contributed by atoms with Gasteiger partial charge in [-0.05, 0) is 12.2 Å². The van der Waals surface area contributed by atoms with Crippen LogP contribution in [-0.4, -0.2) is 25.4 Å². The molecule has 0 saturated heterocycles. The van der Waals surface area contributed by atoms with E-state index < -0.39 is 11.2 Å². The van der Waals surface area contributed by atoms with Gasteiger partial charge in [0, 0.05) is 14.2 Å². The van der Waals surface area contributed by atoms with Gasteiger partial charge in [0.15, 0.2) is 11.2 Å². The van der Waals surface area contributed by atoms with Gasteiger partial charge in [-0.2, -0.15) is 0 Å². The van der Waals surface area contributed by atoms with Crippen molar-refractivity contribution in [2.75, 3.05) is 14.2 Å². The van der Waals surface area contributed by atoms with Crippen LogP contribution >= 0.6 is 23.2 Å². The highest BCUT2D eigenvalue weighted by Crippen LogP contribution is 2.40. The SMILES string of the molecule is C#CC1(OC)C=C(Cl)C(C#C)(OC)C=C1Cl. The van der Waals surface area contributed by atoms with Crippen molar-refractivity contribution in [1.29, 1.82) is 0 Å². The molecule has 4 heteroatoms. The van der Waals surface area contributed by atoms with E-state index in [4.69, 9.17) is 45.5 Å². The number of ether oxygens (including phenoxy) is 2. The number of methoxy groups -OCH3 is 2. The Morgan fingerprint density at radius 2 is 1.31 bits per heavy atom. The maximum Gasteiger partial charge on any atom is 0.183 e. The van der Waals surface area contributed by atoms with Gasteiger partial charge in [0.1, 0.15) is 0 Å². The van der Waals surface area contributed by atoms with Crippen molar-refractivity contribution in [3.8, 4) is 24.7 Å². The molecule has 1 aliphatic carbocycles. The Morgan fingerprint density at radius 1 is 1.00 bits per heavy atom. The smallest absolute Gasteiger partial charge is 0.183 e. The minimum absolute atomic E-state index is 0.252. The van der Waals surface area contributed by atoms with Crippen molar-refractivity contribution in [2.24, 2.45) is 0 Å². The van der Waals surface area contributed by atoms with Gasteiger partial charge >= 0.3 is 0 Å². The van der Waals surface area contributed by atoms with Crippen LogP contribution in [0.25, 0.3) is 0 Å². The molecule has 0 aromatic carbocycles. The molecule has 1 rings (SSSR count). The average molecular weight is 257 g/mol. The summed E-state index contributed by atoms with van der Waals surface area (Å²) in [4.78, 5) is 0. The molecule has 2 atom stereocenters.